The van der Waals surface area contributed by atoms with E-state index in [2.05, 4.69) is 5.32 Å². The van der Waals surface area contributed by atoms with Crippen LogP contribution >= 0.6 is 11.6 Å². The van der Waals surface area contributed by atoms with Crippen LogP contribution in [0.25, 0.3) is 0 Å². The smallest absolute Gasteiger partial charge is 0.261 e. The van der Waals surface area contributed by atoms with E-state index in [0.717, 1.165) is 16.7 Å². The van der Waals surface area contributed by atoms with E-state index < -0.39 is 6.04 Å². The Hall–Kier alpha value is -2.53. The SMILES string of the molecule is Cc1cccc(CN(C(=O)COc2ccc(Cl)c(C)c2)[C@H](C)C(=O)NC(C)C)c1. The van der Waals surface area contributed by atoms with E-state index in [4.69, 9.17) is 16.3 Å². The summed E-state index contributed by atoms with van der Waals surface area (Å²) in [4.78, 5) is 27.1. The monoisotopic (exact) mass is 416 g/mol. The molecule has 2 amide bonds. The third-order valence-corrected chi connectivity index (χ3v) is 4.95. The molecule has 5 nitrogen and oxygen atoms in total. The standard InChI is InChI=1S/C23H29ClN2O3/c1-15(2)25-23(28)18(5)26(13-19-8-6-7-16(3)11-19)22(27)14-29-20-9-10-21(24)17(4)12-20/h6-12,15,18H,13-14H2,1-5H3,(H,25,28)/t18-/m1/s1. The fourth-order valence-corrected chi connectivity index (χ4v) is 3.05. The molecule has 0 fully saturated rings. The predicted molar refractivity (Wildman–Crippen MR) is 116 cm³/mol. The first-order valence-electron chi connectivity index (χ1n) is 9.71. The maximum Gasteiger partial charge on any atom is 0.261 e. The zero-order valence-corrected chi connectivity index (χ0v) is 18.4. The molecule has 1 N–H and O–H groups in total. The van der Waals surface area contributed by atoms with Crippen molar-refractivity contribution < 1.29 is 14.3 Å². The quantitative estimate of drug-likeness (QED) is 0.698. The van der Waals surface area contributed by atoms with Gasteiger partial charge >= 0.3 is 0 Å². The number of rotatable bonds is 8. The molecule has 0 aromatic heterocycles. The molecule has 29 heavy (non-hydrogen) atoms. The number of hydrogen-bond acceptors (Lipinski definition) is 3. The van der Waals surface area contributed by atoms with Crippen LogP contribution in [0.4, 0.5) is 0 Å². The normalized spacial score (nSPS) is 11.8. The second kappa shape index (κ2) is 10.3. The molecule has 1 atom stereocenters. The summed E-state index contributed by atoms with van der Waals surface area (Å²) in [6, 6.07) is 12.5. The van der Waals surface area contributed by atoms with Gasteiger partial charge in [-0.2, -0.15) is 0 Å². The molecule has 0 aliphatic carbocycles. The Bertz CT molecular complexity index is 867. The Kier molecular flexibility index (Phi) is 8.09. The number of halogens is 1. The summed E-state index contributed by atoms with van der Waals surface area (Å²) in [5.41, 5.74) is 2.94. The van der Waals surface area contributed by atoms with E-state index in [-0.39, 0.29) is 24.5 Å². The number of benzene rings is 2. The number of aryl methyl sites for hydroxylation is 2. The summed E-state index contributed by atoms with van der Waals surface area (Å²) in [5, 5.41) is 3.52. The summed E-state index contributed by atoms with van der Waals surface area (Å²) in [6.07, 6.45) is 0. The number of hydrogen-bond donors (Lipinski definition) is 1. The molecule has 0 saturated carbocycles. The van der Waals surface area contributed by atoms with Crippen molar-refractivity contribution in [1.82, 2.24) is 10.2 Å². The number of nitrogens with zero attached hydrogens (tertiary/aromatic N) is 1. The van der Waals surface area contributed by atoms with Crippen LogP contribution in [0.5, 0.6) is 5.75 Å². The summed E-state index contributed by atoms with van der Waals surface area (Å²) in [7, 11) is 0. The van der Waals surface area contributed by atoms with Crippen LogP contribution in [-0.4, -0.2) is 35.4 Å². The summed E-state index contributed by atoms with van der Waals surface area (Å²) in [5.74, 6) is 0.115. The van der Waals surface area contributed by atoms with Gasteiger partial charge in [0.05, 0.1) is 0 Å². The van der Waals surface area contributed by atoms with E-state index in [1.807, 2.05) is 52.0 Å². The number of amides is 2. The highest BCUT2D eigenvalue weighted by molar-refractivity contribution is 6.31. The van der Waals surface area contributed by atoms with Crippen LogP contribution in [0.15, 0.2) is 42.5 Å². The van der Waals surface area contributed by atoms with Crippen LogP contribution in [0, 0.1) is 13.8 Å². The molecule has 0 heterocycles. The minimum atomic E-state index is -0.624. The number of ether oxygens (including phenoxy) is 1. The maximum atomic E-state index is 13.0. The van der Waals surface area contributed by atoms with Crippen molar-refractivity contribution >= 4 is 23.4 Å². The first kappa shape index (κ1) is 22.8. The van der Waals surface area contributed by atoms with Crippen LogP contribution in [0.3, 0.4) is 0 Å². The van der Waals surface area contributed by atoms with Gasteiger partial charge in [-0.25, -0.2) is 0 Å². The van der Waals surface area contributed by atoms with Crippen LogP contribution < -0.4 is 10.1 Å². The topological polar surface area (TPSA) is 58.6 Å². The lowest BCUT2D eigenvalue weighted by Crippen LogP contribution is -2.50. The van der Waals surface area contributed by atoms with Crippen molar-refractivity contribution in [3.63, 3.8) is 0 Å². The highest BCUT2D eigenvalue weighted by atomic mass is 35.5. The maximum absolute atomic E-state index is 13.0. The minimum absolute atomic E-state index is 0.00540. The largest absolute Gasteiger partial charge is 0.484 e. The average Bonchev–Trinajstić information content (AvgIpc) is 2.65. The van der Waals surface area contributed by atoms with Gasteiger partial charge in [0, 0.05) is 17.6 Å². The van der Waals surface area contributed by atoms with E-state index >= 15 is 0 Å². The molecule has 6 heteroatoms. The molecule has 0 aliphatic rings. The minimum Gasteiger partial charge on any atom is -0.484 e. The van der Waals surface area contributed by atoms with Gasteiger partial charge in [-0.1, -0.05) is 41.4 Å². The highest BCUT2D eigenvalue weighted by Crippen LogP contribution is 2.21. The second-order valence-electron chi connectivity index (χ2n) is 7.55. The zero-order valence-electron chi connectivity index (χ0n) is 17.7. The Morgan fingerprint density at radius 1 is 1.10 bits per heavy atom. The van der Waals surface area contributed by atoms with Crippen LogP contribution in [0.1, 0.15) is 37.5 Å². The molecule has 0 bridgehead atoms. The predicted octanol–water partition coefficient (Wildman–Crippen LogP) is 4.28. The Labute approximate surface area is 178 Å². The van der Waals surface area contributed by atoms with Crippen molar-refractivity contribution in [3.8, 4) is 5.75 Å². The van der Waals surface area contributed by atoms with Gasteiger partial charge < -0.3 is 15.0 Å². The van der Waals surface area contributed by atoms with Crippen molar-refractivity contribution in [2.75, 3.05) is 6.61 Å². The van der Waals surface area contributed by atoms with E-state index in [1.54, 1.807) is 30.0 Å². The van der Waals surface area contributed by atoms with Crippen molar-refractivity contribution in [1.29, 1.82) is 0 Å². The highest BCUT2D eigenvalue weighted by Gasteiger charge is 2.27. The van der Waals surface area contributed by atoms with E-state index in [0.29, 0.717) is 17.3 Å². The van der Waals surface area contributed by atoms with Crippen molar-refractivity contribution in [2.45, 2.75) is 53.2 Å². The third kappa shape index (κ3) is 6.79. The Balaban J connectivity index is 2.16. The molecular weight excluding hydrogens is 388 g/mol. The van der Waals surface area contributed by atoms with Gasteiger partial charge in [0.1, 0.15) is 11.8 Å². The molecule has 0 unspecified atom stereocenters. The van der Waals surface area contributed by atoms with Crippen LogP contribution in [0.2, 0.25) is 5.02 Å². The van der Waals surface area contributed by atoms with Gasteiger partial charge in [-0.15, -0.1) is 0 Å². The Morgan fingerprint density at radius 2 is 1.83 bits per heavy atom. The lowest BCUT2D eigenvalue weighted by atomic mass is 10.1. The molecule has 0 saturated heterocycles. The second-order valence-corrected chi connectivity index (χ2v) is 7.96. The average molecular weight is 417 g/mol. The number of nitrogens with one attached hydrogen (secondary N) is 1. The molecule has 0 aliphatic heterocycles. The van der Waals surface area contributed by atoms with Gasteiger partial charge in [0.25, 0.3) is 5.91 Å². The molecule has 2 aromatic carbocycles. The Morgan fingerprint density at radius 3 is 2.45 bits per heavy atom. The summed E-state index contributed by atoms with van der Waals surface area (Å²) < 4.78 is 5.68. The lowest BCUT2D eigenvalue weighted by molar-refractivity contribution is -0.142. The fraction of sp³-hybridized carbons (Fsp3) is 0.391. The lowest BCUT2D eigenvalue weighted by Gasteiger charge is -2.29. The molecular formula is C23H29ClN2O3. The molecule has 156 valence electrons. The van der Waals surface area contributed by atoms with Gasteiger partial charge in [-0.3, -0.25) is 9.59 Å². The van der Waals surface area contributed by atoms with E-state index in [9.17, 15) is 9.59 Å². The van der Waals surface area contributed by atoms with Gasteiger partial charge in [0.2, 0.25) is 5.91 Å². The third-order valence-electron chi connectivity index (χ3n) is 4.53. The van der Waals surface area contributed by atoms with Crippen LogP contribution in [-0.2, 0) is 16.1 Å². The van der Waals surface area contributed by atoms with Gasteiger partial charge in [-0.05, 0) is 63.9 Å². The number of carbonyl (C=O) groups excluding carboxylic acids is 2. The molecule has 2 aromatic rings. The first-order chi connectivity index (χ1) is 13.7. The van der Waals surface area contributed by atoms with Crippen molar-refractivity contribution in [3.05, 3.63) is 64.2 Å². The summed E-state index contributed by atoms with van der Waals surface area (Å²) in [6.45, 7) is 9.56. The van der Waals surface area contributed by atoms with Gasteiger partial charge in [0.15, 0.2) is 6.61 Å². The fourth-order valence-electron chi connectivity index (χ4n) is 2.93. The molecule has 0 spiro atoms. The van der Waals surface area contributed by atoms with E-state index in [1.165, 1.54) is 0 Å². The zero-order chi connectivity index (χ0) is 21.6. The molecule has 0 radical (unpaired) electrons. The molecule has 2 rings (SSSR count). The summed E-state index contributed by atoms with van der Waals surface area (Å²) >= 11 is 6.04. The first-order valence-corrected chi connectivity index (χ1v) is 10.1. The van der Waals surface area contributed by atoms with Crippen molar-refractivity contribution in [2.24, 2.45) is 0 Å². The number of carbonyl (C=O) groups is 2.